The Bertz CT molecular complexity index is 876. The van der Waals surface area contributed by atoms with Crippen molar-refractivity contribution in [1.82, 2.24) is 9.80 Å². The van der Waals surface area contributed by atoms with E-state index in [0.717, 1.165) is 31.4 Å². The van der Waals surface area contributed by atoms with Crippen LogP contribution in [-0.2, 0) is 11.4 Å². The molecule has 0 aliphatic carbocycles. The van der Waals surface area contributed by atoms with Crippen molar-refractivity contribution >= 4 is 23.4 Å². The number of benzene rings is 2. The monoisotopic (exact) mass is 412 g/mol. The maximum atomic E-state index is 13.1. The van der Waals surface area contributed by atoms with Crippen molar-refractivity contribution in [2.45, 2.75) is 38.3 Å². The van der Waals surface area contributed by atoms with Crippen LogP contribution in [0.15, 0.2) is 48.5 Å². The molecule has 2 aliphatic rings. The van der Waals surface area contributed by atoms with Crippen LogP contribution in [0, 0.1) is 0 Å². The molecular weight excluding hydrogens is 388 g/mol. The van der Waals surface area contributed by atoms with Crippen molar-refractivity contribution in [1.29, 1.82) is 0 Å². The molecule has 2 heterocycles. The van der Waals surface area contributed by atoms with E-state index < -0.39 is 0 Å². The SMILES string of the molecule is O=C(c1ccccc1OCc1ccc(Cl)cc1)N1CCC(N2CCCC2=O)CC1. The molecular formula is C23H25ClN2O3. The van der Waals surface area contributed by atoms with E-state index in [2.05, 4.69) is 0 Å². The molecule has 2 fully saturated rings. The molecule has 0 N–H and O–H groups in total. The predicted molar refractivity (Wildman–Crippen MR) is 112 cm³/mol. The highest BCUT2D eigenvalue weighted by Crippen LogP contribution is 2.26. The largest absolute Gasteiger partial charge is 0.488 e. The Labute approximate surface area is 176 Å². The molecule has 2 aromatic rings. The van der Waals surface area contributed by atoms with Crippen molar-refractivity contribution in [3.63, 3.8) is 0 Å². The summed E-state index contributed by atoms with van der Waals surface area (Å²) in [6.07, 6.45) is 3.30. The van der Waals surface area contributed by atoms with Gasteiger partial charge in [0.15, 0.2) is 0 Å². The Balaban J connectivity index is 1.39. The molecule has 0 bridgehead atoms. The molecule has 4 rings (SSSR count). The summed E-state index contributed by atoms with van der Waals surface area (Å²) < 4.78 is 5.95. The van der Waals surface area contributed by atoms with Crippen LogP contribution in [0.25, 0.3) is 0 Å². The minimum atomic E-state index is -0.0112. The second kappa shape index (κ2) is 8.87. The van der Waals surface area contributed by atoms with Crippen LogP contribution in [0.3, 0.4) is 0 Å². The van der Waals surface area contributed by atoms with Crippen molar-refractivity contribution in [2.24, 2.45) is 0 Å². The standard InChI is InChI=1S/C23H25ClN2O3/c24-18-9-7-17(8-10-18)16-29-21-5-2-1-4-20(21)23(28)25-14-11-19(12-15-25)26-13-3-6-22(26)27/h1-2,4-5,7-10,19H,3,6,11-16H2. The number of piperidine rings is 1. The summed E-state index contributed by atoms with van der Waals surface area (Å²) in [4.78, 5) is 29.0. The number of carbonyl (C=O) groups excluding carboxylic acids is 2. The first-order valence-corrected chi connectivity index (χ1v) is 10.5. The Morgan fingerprint density at radius 3 is 2.45 bits per heavy atom. The maximum absolute atomic E-state index is 13.1. The minimum Gasteiger partial charge on any atom is -0.488 e. The lowest BCUT2D eigenvalue weighted by molar-refractivity contribution is -0.130. The molecule has 6 heteroatoms. The zero-order valence-electron chi connectivity index (χ0n) is 16.4. The van der Waals surface area contributed by atoms with Crippen molar-refractivity contribution in [3.05, 3.63) is 64.7 Å². The number of carbonyl (C=O) groups is 2. The maximum Gasteiger partial charge on any atom is 0.257 e. The van der Waals surface area contributed by atoms with Gasteiger partial charge in [0.2, 0.25) is 5.91 Å². The number of nitrogens with zero attached hydrogens (tertiary/aromatic N) is 2. The zero-order chi connectivity index (χ0) is 20.2. The summed E-state index contributed by atoms with van der Waals surface area (Å²) >= 11 is 5.93. The molecule has 2 saturated heterocycles. The summed E-state index contributed by atoms with van der Waals surface area (Å²) in [6.45, 7) is 2.57. The quantitative estimate of drug-likeness (QED) is 0.741. The fourth-order valence-electron chi connectivity index (χ4n) is 4.12. The van der Waals surface area contributed by atoms with Gasteiger partial charge in [0.25, 0.3) is 5.91 Å². The Morgan fingerprint density at radius 1 is 1.03 bits per heavy atom. The average molecular weight is 413 g/mol. The van der Waals surface area contributed by atoms with Crippen LogP contribution in [0.2, 0.25) is 5.02 Å². The molecule has 2 amide bonds. The lowest BCUT2D eigenvalue weighted by Crippen LogP contribution is -2.47. The van der Waals surface area contributed by atoms with Gasteiger partial charge in [0, 0.05) is 37.1 Å². The number of amides is 2. The average Bonchev–Trinajstić information content (AvgIpc) is 3.19. The van der Waals surface area contributed by atoms with Gasteiger partial charge >= 0.3 is 0 Å². The van der Waals surface area contributed by atoms with Crippen molar-refractivity contribution in [2.75, 3.05) is 19.6 Å². The molecule has 0 saturated carbocycles. The molecule has 0 aromatic heterocycles. The lowest BCUT2D eigenvalue weighted by Gasteiger charge is -2.36. The normalized spacial score (nSPS) is 17.6. The first-order chi connectivity index (χ1) is 14.1. The van der Waals surface area contributed by atoms with Crippen LogP contribution >= 0.6 is 11.6 Å². The van der Waals surface area contributed by atoms with Crippen LogP contribution in [0.5, 0.6) is 5.75 Å². The van der Waals surface area contributed by atoms with Gasteiger partial charge in [0.05, 0.1) is 5.56 Å². The first-order valence-electron chi connectivity index (χ1n) is 10.2. The molecule has 2 aromatic carbocycles. The van der Waals surface area contributed by atoms with E-state index in [-0.39, 0.29) is 17.9 Å². The summed E-state index contributed by atoms with van der Waals surface area (Å²) in [6, 6.07) is 15.1. The third-order valence-electron chi connectivity index (χ3n) is 5.73. The van der Waals surface area contributed by atoms with Gasteiger partial charge in [0.1, 0.15) is 12.4 Å². The van der Waals surface area contributed by atoms with Crippen molar-refractivity contribution < 1.29 is 14.3 Å². The topological polar surface area (TPSA) is 49.9 Å². The number of likely N-dealkylation sites (tertiary alicyclic amines) is 2. The van der Waals surface area contributed by atoms with Gasteiger partial charge < -0.3 is 14.5 Å². The molecule has 5 nitrogen and oxygen atoms in total. The van der Waals surface area contributed by atoms with Crippen LogP contribution < -0.4 is 4.74 Å². The third-order valence-corrected chi connectivity index (χ3v) is 5.98. The van der Waals surface area contributed by atoms with E-state index in [0.29, 0.717) is 42.5 Å². The number of halogens is 1. The number of ether oxygens (including phenoxy) is 1. The summed E-state index contributed by atoms with van der Waals surface area (Å²) in [5, 5.41) is 0.684. The smallest absolute Gasteiger partial charge is 0.257 e. The highest BCUT2D eigenvalue weighted by atomic mass is 35.5. The Hall–Kier alpha value is -2.53. The second-order valence-corrected chi connectivity index (χ2v) is 8.06. The lowest BCUT2D eigenvalue weighted by atomic mass is 10.0. The molecule has 0 unspecified atom stereocenters. The summed E-state index contributed by atoms with van der Waals surface area (Å²) in [7, 11) is 0. The number of hydrogen-bond donors (Lipinski definition) is 0. The molecule has 0 radical (unpaired) electrons. The first kappa shape index (κ1) is 19.8. The van der Waals surface area contributed by atoms with E-state index in [9.17, 15) is 9.59 Å². The Morgan fingerprint density at radius 2 is 1.76 bits per heavy atom. The molecule has 29 heavy (non-hydrogen) atoms. The molecule has 152 valence electrons. The predicted octanol–water partition coefficient (Wildman–Crippen LogP) is 4.15. The van der Waals surface area contributed by atoms with Crippen LogP contribution in [0.1, 0.15) is 41.6 Å². The third kappa shape index (κ3) is 4.56. The number of hydrogen-bond acceptors (Lipinski definition) is 3. The van der Waals surface area contributed by atoms with Gasteiger partial charge in [-0.25, -0.2) is 0 Å². The fourth-order valence-corrected chi connectivity index (χ4v) is 4.24. The van der Waals surface area contributed by atoms with E-state index in [1.807, 2.05) is 58.3 Å². The molecule has 0 atom stereocenters. The van der Waals surface area contributed by atoms with Gasteiger partial charge in [-0.05, 0) is 49.1 Å². The zero-order valence-corrected chi connectivity index (χ0v) is 17.1. The number of rotatable bonds is 5. The Kier molecular flexibility index (Phi) is 6.05. The molecule has 0 spiro atoms. The van der Waals surface area contributed by atoms with Crippen molar-refractivity contribution in [3.8, 4) is 5.75 Å². The fraction of sp³-hybridized carbons (Fsp3) is 0.391. The summed E-state index contributed by atoms with van der Waals surface area (Å²) in [5.74, 6) is 0.836. The highest BCUT2D eigenvalue weighted by Gasteiger charge is 2.32. The van der Waals surface area contributed by atoms with Gasteiger partial charge in [-0.2, -0.15) is 0 Å². The second-order valence-electron chi connectivity index (χ2n) is 7.63. The van der Waals surface area contributed by atoms with E-state index in [1.54, 1.807) is 0 Å². The van der Waals surface area contributed by atoms with Gasteiger partial charge in [-0.1, -0.05) is 35.9 Å². The van der Waals surface area contributed by atoms with E-state index >= 15 is 0 Å². The summed E-state index contributed by atoms with van der Waals surface area (Å²) in [5.41, 5.74) is 1.57. The van der Waals surface area contributed by atoms with Crippen LogP contribution in [-0.4, -0.2) is 47.3 Å². The van der Waals surface area contributed by atoms with Gasteiger partial charge in [-0.3, -0.25) is 9.59 Å². The highest BCUT2D eigenvalue weighted by molar-refractivity contribution is 6.30. The van der Waals surface area contributed by atoms with Crippen LogP contribution in [0.4, 0.5) is 0 Å². The minimum absolute atomic E-state index is 0.0112. The van der Waals surface area contributed by atoms with E-state index in [4.69, 9.17) is 16.3 Å². The van der Waals surface area contributed by atoms with Gasteiger partial charge in [-0.15, -0.1) is 0 Å². The van der Waals surface area contributed by atoms with E-state index in [1.165, 1.54) is 0 Å². The molecule has 2 aliphatic heterocycles. The number of para-hydroxylation sites is 1.